The molecule has 1 aliphatic heterocycles. The number of carbonyl (C=O) groups excluding carboxylic acids is 1. The highest BCUT2D eigenvalue weighted by molar-refractivity contribution is 7.80. The molecule has 0 spiro atoms. The predicted octanol–water partition coefficient (Wildman–Crippen LogP) is -0.185. The maximum atomic E-state index is 11.4. The van der Waals surface area contributed by atoms with Gasteiger partial charge in [-0.25, -0.2) is 0 Å². The van der Waals surface area contributed by atoms with Gasteiger partial charge in [0.05, 0.1) is 24.1 Å². The van der Waals surface area contributed by atoms with Crippen molar-refractivity contribution in [3.05, 3.63) is 0 Å². The summed E-state index contributed by atoms with van der Waals surface area (Å²) >= 11 is 4.65. The van der Waals surface area contributed by atoms with Gasteiger partial charge in [-0.05, 0) is 12.8 Å². The van der Waals surface area contributed by atoms with E-state index in [1.165, 1.54) is 0 Å². The molecule has 3 N–H and O–H groups in total. The van der Waals surface area contributed by atoms with Crippen LogP contribution in [0.1, 0.15) is 12.8 Å². The Morgan fingerprint density at radius 3 is 3.00 bits per heavy atom. The molecule has 1 unspecified atom stereocenters. The van der Waals surface area contributed by atoms with E-state index in [0.717, 1.165) is 19.4 Å². The second kappa shape index (κ2) is 5.14. The van der Waals surface area contributed by atoms with Crippen molar-refractivity contribution in [1.29, 1.82) is 0 Å². The van der Waals surface area contributed by atoms with E-state index in [2.05, 4.69) is 17.5 Å². The minimum Gasteiger partial charge on any atom is -0.392 e. The van der Waals surface area contributed by atoms with Crippen molar-refractivity contribution in [3.63, 3.8) is 0 Å². The Balaban J connectivity index is 2.25. The van der Waals surface area contributed by atoms with Crippen LogP contribution < -0.4 is 11.1 Å². The van der Waals surface area contributed by atoms with Crippen molar-refractivity contribution in [2.45, 2.75) is 12.8 Å². The van der Waals surface area contributed by atoms with Gasteiger partial charge in [0.1, 0.15) is 0 Å². The number of hydrogen-bond acceptors (Lipinski definition) is 3. The SMILES string of the molecule is NC(=S)CNC(=O)C1CCCOC1. The second-order valence-electron chi connectivity index (χ2n) is 3.10. The van der Waals surface area contributed by atoms with Gasteiger partial charge in [-0.1, -0.05) is 12.2 Å². The molecule has 0 aromatic heterocycles. The molecule has 0 aromatic rings. The lowest BCUT2D eigenvalue weighted by molar-refractivity contribution is -0.128. The van der Waals surface area contributed by atoms with Crippen molar-refractivity contribution in [3.8, 4) is 0 Å². The molecule has 0 aliphatic carbocycles. The summed E-state index contributed by atoms with van der Waals surface area (Å²) in [6, 6.07) is 0. The molecular formula is C8H14N2O2S. The number of hydrogen-bond donors (Lipinski definition) is 2. The molecule has 1 rings (SSSR count). The molecule has 74 valence electrons. The molecule has 0 saturated carbocycles. The van der Waals surface area contributed by atoms with E-state index >= 15 is 0 Å². The number of thiocarbonyl (C=S) groups is 1. The zero-order chi connectivity index (χ0) is 9.68. The van der Waals surface area contributed by atoms with Gasteiger partial charge in [-0.3, -0.25) is 4.79 Å². The average Bonchev–Trinajstić information content (AvgIpc) is 2.15. The van der Waals surface area contributed by atoms with Crippen LogP contribution in [-0.4, -0.2) is 30.7 Å². The van der Waals surface area contributed by atoms with E-state index in [0.29, 0.717) is 11.6 Å². The molecule has 0 bridgehead atoms. The molecule has 1 fully saturated rings. The average molecular weight is 202 g/mol. The Kier molecular flexibility index (Phi) is 4.11. The second-order valence-corrected chi connectivity index (χ2v) is 3.62. The van der Waals surface area contributed by atoms with Crippen LogP contribution in [0, 0.1) is 5.92 Å². The Labute approximate surface area is 82.8 Å². The van der Waals surface area contributed by atoms with Crippen molar-refractivity contribution in [2.24, 2.45) is 11.7 Å². The molecule has 13 heavy (non-hydrogen) atoms. The Morgan fingerprint density at radius 1 is 1.69 bits per heavy atom. The third kappa shape index (κ3) is 3.69. The van der Waals surface area contributed by atoms with Gasteiger partial charge in [0.25, 0.3) is 0 Å². The molecule has 0 aromatic carbocycles. The van der Waals surface area contributed by atoms with Gasteiger partial charge in [0, 0.05) is 6.61 Å². The van der Waals surface area contributed by atoms with Gasteiger partial charge in [0.15, 0.2) is 0 Å². The Morgan fingerprint density at radius 2 is 2.46 bits per heavy atom. The minimum atomic E-state index is -0.0249. The number of ether oxygens (including phenoxy) is 1. The first kappa shape index (κ1) is 10.4. The molecule has 0 radical (unpaired) electrons. The number of nitrogens with two attached hydrogens (primary N) is 1. The highest BCUT2D eigenvalue weighted by atomic mass is 32.1. The van der Waals surface area contributed by atoms with Crippen LogP contribution in [0.15, 0.2) is 0 Å². The molecular weight excluding hydrogens is 188 g/mol. The summed E-state index contributed by atoms with van der Waals surface area (Å²) in [7, 11) is 0. The zero-order valence-electron chi connectivity index (χ0n) is 7.41. The highest BCUT2D eigenvalue weighted by Crippen LogP contribution is 2.12. The standard InChI is InChI=1S/C8H14N2O2S/c9-7(13)4-10-8(11)6-2-1-3-12-5-6/h6H,1-5H2,(H2,9,13)(H,10,11). The molecule has 4 nitrogen and oxygen atoms in total. The van der Waals surface area contributed by atoms with Gasteiger partial charge < -0.3 is 15.8 Å². The number of rotatable bonds is 3. The van der Waals surface area contributed by atoms with Crippen molar-refractivity contribution < 1.29 is 9.53 Å². The van der Waals surface area contributed by atoms with Gasteiger partial charge in [-0.15, -0.1) is 0 Å². The first-order valence-electron chi connectivity index (χ1n) is 4.34. The molecule has 5 heteroatoms. The number of nitrogens with one attached hydrogen (secondary N) is 1. The third-order valence-corrected chi connectivity index (χ3v) is 2.11. The van der Waals surface area contributed by atoms with Crippen LogP contribution in [0.4, 0.5) is 0 Å². The molecule has 1 aliphatic rings. The largest absolute Gasteiger partial charge is 0.392 e. The smallest absolute Gasteiger partial charge is 0.225 e. The topological polar surface area (TPSA) is 64.3 Å². The summed E-state index contributed by atoms with van der Waals surface area (Å²) in [5.74, 6) is -0.0319. The minimum absolute atomic E-state index is 0.00694. The fourth-order valence-electron chi connectivity index (χ4n) is 1.27. The van der Waals surface area contributed by atoms with E-state index in [9.17, 15) is 4.79 Å². The first-order chi connectivity index (χ1) is 6.20. The lowest BCUT2D eigenvalue weighted by Crippen LogP contribution is -2.39. The number of amides is 1. The van der Waals surface area contributed by atoms with Crippen LogP contribution >= 0.6 is 12.2 Å². The van der Waals surface area contributed by atoms with E-state index in [1.54, 1.807) is 0 Å². The fraction of sp³-hybridized carbons (Fsp3) is 0.750. The van der Waals surface area contributed by atoms with E-state index in [4.69, 9.17) is 10.5 Å². The van der Waals surface area contributed by atoms with Crippen molar-refractivity contribution in [2.75, 3.05) is 19.8 Å². The quantitative estimate of drug-likeness (QED) is 0.623. The lowest BCUT2D eigenvalue weighted by Gasteiger charge is -2.20. The molecule has 1 atom stereocenters. The van der Waals surface area contributed by atoms with Gasteiger partial charge >= 0.3 is 0 Å². The number of carbonyl (C=O) groups is 1. The maximum Gasteiger partial charge on any atom is 0.225 e. The lowest BCUT2D eigenvalue weighted by atomic mass is 10.0. The summed E-state index contributed by atoms with van der Waals surface area (Å²) in [4.78, 5) is 11.7. The van der Waals surface area contributed by atoms with Crippen LogP contribution in [-0.2, 0) is 9.53 Å². The Bertz CT molecular complexity index is 202. The molecule has 1 saturated heterocycles. The summed E-state index contributed by atoms with van der Waals surface area (Å²) < 4.78 is 5.19. The summed E-state index contributed by atoms with van der Waals surface area (Å²) in [6.07, 6.45) is 1.84. The maximum absolute atomic E-state index is 11.4. The first-order valence-corrected chi connectivity index (χ1v) is 4.74. The predicted molar refractivity (Wildman–Crippen MR) is 53.3 cm³/mol. The molecule has 1 heterocycles. The molecule has 1 amide bonds. The monoisotopic (exact) mass is 202 g/mol. The Hall–Kier alpha value is -0.680. The summed E-state index contributed by atoms with van der Waals surface area (Å²) in [6.45, 7) is 1.56. The van der Waals surface area contributed by atoms with E-state index < -0.39 is 0 Å². The zero-order valence-corrected chi connectivity index (χ0v) is 8.23. The van der Waals surface area contributed by atoms with Gasteiger partial charge in [0.2, 0.25) is 5.91 Å². The summed E-state index contributed by atoms with van der Waals surface area (Å²) in [5, 5.41) is 2.67. The van der Waals surface area contributed by atoms with Crippen LogP contribution in [0.2, 0.25) is 0 Å². The normalized spacial score (nSPS) is 22.3. The van der Waals surface area contributed by atoms with E-state index in [-0.39, 0.29) is 18.4 Å². The summed E-state index contributed by atoms with van der Waals surface area (Å²) in [5.41, 5.74) is 5.26. The third-order valence-electron chi connectivity index (χ3n) is 1.97. The fourth-order valence-corrected chi connectivity index (χ4v) is 1.34. The van der Waals surface area contributed by atoms with Crippen molar-refractivity contribution in [1.82, 2.24) is 5.32 Å². The van der Waals surface area contributed by atoms with Crippen molar-refractivity contribution >= 4 is 23.1 Å². The van der Waals surface area contributed by atoms with Crippen LogP contribution in [0.5, 0.6) is 0 Å². The van der Waals surface area contributed by atoms with E-state index in [1.807, 2.05) is 0 Å². The van der Waals surface area contributed by atoms with Gasteiger partial charge in [-0.2, -0.15) is 0 Å². The van der Waals surface area contributed by atoms with Crippen LogP contribution in [0.25, 0.3) is 0 Å². The highest BCUT2D eigenvalue weighted by Gasteiger charge is 2.21. The van der Waals surface area contributed by atoms with Crippen LogP contribution in [0.3, 0.4) is 0 Å².